The number of nitrogens with zero attached hydrogens (tertiary/aromatic N) is 5. The van der Waals surface area contributed by atoms with Gasteiger partial charge in [0.15, 0.2) is 11.4 Å². The number of halogens is 1. The lowest BCUT2D eigenvalue weighted by atomic mass is 9.98. The minimum atomic E-state index is -4.72. The van der Waals surface area contributed by atoms with E-state index in [0.717, 1.165) is 31.7 Å². The lowest BCUT2D eigenvalue weighted by Crippen LogP contribution is -2.45. The summed E-state index contributed by atoms with van der Waals surface area (Å²) in [6.45, 7) is 1.29. The predicted molar refractivity (Wildman–Crippen MR) is 212 cm³/mol. The van der Waals surface area contributed by atoms with E-state index in [4.69, 9.17) is 24.3 Å². The summed E-state index contributed by atoms with van der Waals surface area (Å²) >= 11 is 0. The van der Waals surface area contributed by atoms with Crippen molar-refractivity contribution in [3.8, 4) is 12.1 Å². The van der Waals surface area contributed by atoms with Gasteiger partial charge in [0, 0.05) is 6.42 Å². The molecule has 56 heavy (non-hydrogen) atoms. The second-order valence-electron chi connectivity index (χ2n) is 15.3. The molecule has 15 heteroatoms. The molecule has 0 spiro atoms. The third-order valence-corrected chi connectivity index (χ3v) is 11.6. The van der Waals surface area contributed by atoms with Crippen molar-refractivity contribution >= 4 is 20.0 Å². The number of nitriles is 2. The maximum atomic E-state index is 14.1. The van der Waals surface area contributed by atoms with Crippen LogP contribution in [0.5, 0.6) is 0 Å². The summed E-state index contributed by atoms with van der Waals surface area (Å²) in [5.41, 5.74) is 5.45. The van der Waals surface area contributed by atoms with E-state index in [0.29, 0.717) is 24.1 Å². The molecule has 4 rings (SSSR count). The number of benzene rings is 1. The molecule has 4 N–H and O–H groups in total. The minimum Gasteiger partial charge on any atom is -0.390 e. The number of hydrogen-bond acceptors (Lipinski definition) is 12. The number of hydrazone groups is 1. The molecule has 1 aromatic rings. The molecule has 3 aliphatic heterocycles. The first-order valence-corrected chi connectivity index (χ1v) is 22.1. The molecule has 0 amide bonds. The number of nitrogens with two attached hydrogens (primary N) is 1. The van der Waals surface area contributed by atoms with Crippen molar-refractivity contribution in [3.05, 3.63) is 46.9 Å². The topological polar surface area (TPSA) is 196 Å². The van der Waals surface area contributed by atoms with E-state index in [1.165, 1.54) is 102 Å². The molecular weight excluding hydrogens is 738 g/mol. The largest absolute Gasteiger partial charge is 0.472 e. The van der Waals surface area contributed by atoms with Gasteiger partial charge in [0.1, 0.15) is 30.9 Å². The van der Waals surface area contributed by atoms with Crippen molar-refractivity contribution in [2.24, 2.45) is 15.8 Å². The van der Waals surface area contributed by atoms with Crippen molar-refractivity contribution < 1.29 is 37.5 Å². The van der Waals surface area contributed by atoms with Gasteiger partial charge in [-0.05, 0) is 36.6 Å². The fraction of sp³-hybridized carbons (Fsp3) is 0.707. The zero-order valence-corrected chi connectivity index (χ0v) is 33.9. The van der Waals surface area contributed by atoms with Crippen LogP contribution in [0.2, 0.25) is 0 Å². The molecule has 0 radical (unpaired) electrons. The molecule has 3 aliphatic rings. The Balaban J connectivity index is 1.18. The molecule has 310 valence electrons. The molecule has 2 unspecified atom stereocenters. The van der Waals surface area contributed by atoms with E-state index in [9.17, 15) is 29.5 Å². The second-order valence-corrected chi connectivity index (χ2v) is 16.8. The number of aliphatic imine (C=N–C) groups is 1. The highest BCUT2D eigenvalue weighted by atomic mass is 31.2. The SMILES string of the molecule is CCCCCCCCCCCCCCCCCCC[C@@H](COP(=O)(O)OC[C@]1(C#N)C[C@@H](O)[C@H](C2CC=C3C(N)=NC=NN32)O1)OCc1cc(F)cc(C#N)c1. The smallest absolute Gasteiger partial charge is 0.390 e. The third-order valence-electron chi connectivity index (χ3n) is 10.7. The van der Waals surface area contributed by atoms with E-state index in [1.54, 1.807) is 5.01 Å². The van der Waals surface area contributed by atoms with Crippen LogP contribution in [-0.4, -0.2) is 70.4 Å². The molecule has 6 atom stereocenters. The van der Waals surface area contributed by atoms with Crippen LogP contribution in [0.3, 0.4) is 0 Å². The van der Waals surface area contributed by atoms with Crippen LogP contribution < -0.4 is 5.73 Å². The Morgan fingerprint density at radius 2 is 1.62 bits per heavy atom. The predicted octanol–water partition coefficient (Wildman–Crippen LogP) is 8.44. The fourth-order valence-electron chi connectivity index (χ4n) is 7.56. The Kier molecular flexibility index (Phi) is 19.4. The Labute approximate surface area is 332 Å². The van der Waals surface area contributed by atoms with Crippen LogP contribution in [0, 0.1) is 28.5 Å². The third kappa shape index (κ3) is 14.9. The minimum absolute atomic E-state index is 0.0308. The first-order valence-electron chi connectivity index (χ1n) is 20.6. The summed E-state index contributed by atoms with van der Waals surface area (Å²) in [5.74, 6) is -0.283. The van der Waals surface area contributed by atoms with E-state index >= 15 is 0 Å². The van der Waals surface area contributed by atoms with E-state index < -0.39 is 50.2 Å². The van der Waals surface area contributed by atoms with Gasteiger partial charge in [-0.3, -0.25) is 14.1 Å². The van der Waals surface area contributed by atoms with Crippen LogP contribution >= 0.6 is 7.82 Å². The summed E-state index contributed by atoms with van der Waals surface area (Å²) < 4.78 is 49.9. The van der Waals surface area contributed by atoms with Gasteiger partial charge in [-0.1, -0.05) is 122 Å². The van der Waals surface area contributed by atoms with Crippen LogP contribution in [0.15, 0.2) is 40.1 Å². The van der Waals surface area contributed by atoms with Gasteiger partial charge in [-0.25, -0.2) is 13.9 Å². The first kappa shape index (κ1) is 45.5. The fourth-order valence-corrected chi connectivity index (χ4v) is 8.36. The van der Waals surface area contributed by atoms with Gasteiger partial charge in [-0.15, -0.1) is 0 Å². The average Bonchev–Trinajstić information content (AvgIpc) is 3.77. The van der Waals surface area contributed by atoms with Gasteiger partial charge >= 0.3 is 7.82 Å². The van der Waals surface area contributed by atoms with Crippen LogP contribution in [0.25, 0.3) is 0 Å². The van der Waals surface area contributed by atoms with Crippen LogP contribution in [-0.2, 0) is 29.7 Å². The van der Waals surface area contributed by atoms with E-state index in [1.807, 2.05) is 18.2 Å². The zero-order valence-electron chi connectivity index (χ0n) is 33.0. The van der Waals surface area contributed by atoms with Crippen LogP contribution in [0.4, 0.5) is 4.39 Å². The summed E-state index contributed by atoms with van der Waals surface area (Å²) in [4.78, 5) is 14.6. The van der Waals surface area contributed by atoms with E-state index in [-0.39, 0.29) is 31.0 Å². The molecular formula is C41H62FN6O7P. The molecule has 0 aliphatic carbocycles. The number of phosphoric acid groups is 1. The maximum Gasteiger partial charge on any atom is 0.472 e. The number of hydrogen-bond donors (Lipinski definition) is 3. The van der Waals surface area contributed by atoms with Crippen molar-refractivity contribution in [3.63, 3.8) is 0 Å². The molecule has 1 fully saturated rings. The molecule has 13 nitrogen and oxygen atoms in total. The van der Waals surface area contributed by atoms with Gasteiger partial charge < -0.3 is 25.2 Å². The standard InChI is InChI=1S/C41H62FN6O7P/c1-2-3-4-5-6-7-8-9-10-11-12-13-14-15-16-17-18-19-35(52-27-33-22-32(26-43)23-34(42)24-33)28-53-56(50,51)54-30-41(29-44)25-38(49)39(55-41)36-20-21-37-40(45)46-31-47-48(36)37/h21-24,31,35-36,38-39,49H,2-20,25,27-28,30H2,1H3,(H,50,51)(H2,45,46,47)/t35-,36?,38+,39-,41+/m0/s1. The molecule has 1 saturated heterocycles. The summed E-state index contributed by atoms with van der Waals surface area (Å²) in [7, 11) is -4.72. The van der Waals surface area contributed by atoms with Gasteiger partial charge in [0.25, 0.3) is 0 Å². The number of phosphoric ester groups is 1. The Morgan fingerprint density at radius 1 is 1.00 bits per heavy atom. The summed E-state index contributed by atoms with van der Waals surface area (Å²) in [6, 6.07) is 7.42. The van der Waals surface area contributed by atoms with Crippen molar-refractivity contribution in [1.29, 1.82) is 10.5 Å². The molecule has 1 aromatic carbocycles. The number of aliphatic hydroxyl groups excluding tert-OH is 1. The number of aliphatic hydroxyl groups is 1. The molecule has 0 bridgehead atoms. The second kappa shape index (κ2) is 23.9. The number of fused-ring (bicyclic) bond motifs is 1. The first-order chi connectivity index (χ1) is 27.1. The van der Waals surface area contributed by atoms with Crippen molar-refractivity contribution in [2.75, 3.05) is 13.2 Å². The number of rotatable bonds is 28. The Morgan fingerprint density at radius 3 is 2.23 bits per heavy atom. The highest BCUT2D eigenvalue weighted by Crippen LogP contribution is 2.47. The number of ether oxygens (including phenoxy) is 2. The van der Waals surface area contributed by atoms with Gasteiger partial charge in [0.2, 0.25) is 0 Å². The zero-order chi connectivity index (χ0) is 40.2. The van der Waals surface area contributed by atoms with Gasteiger partial charge in [-0.2, -0.15) is 15.6 Å². The summed E-state index contributed by atoms with van der Waals surface area (Å²) in [5, 5.41) is 36.0. The van der Waals surface area contributed by atoms with Crippen molar-refractivity contribution in [2.45, 2.75) is 172 Å². The average molecular weight is 801 g/mol. The maximum absolute atomic E-state index is 14.1. The van der Waals surface area contributed by atoms with Crippen LogP contribution in [0.1, 0.15) is 146 Å². The highest BCUT2D eigenvalue weighted by molar-refractivity contribution is 7.47. The Bertz CT molecular complexity index is 1600. The number of amidine groups is 1. The monoisotopic (exact) mass is 800 g/mol. The molecule has 0 aromatic heterocycles. The van der Waals surface area contributed by atoms with Crippen molar-refractivity contribution in [1.82, 2.24) is 5.01 Å². The molecule has 3 heterocycles. The Hall–Kier alpha value is -3.20. The lowest BCUT2D eigenvalue weighted by Gasteiger charge is -2.32. The van der Waals surface area contributed by atoms with E-state index in [2.05, 4.69) is 17.0 Å². The lowest BCUT2D eigenvalue weighted by molar-refractivity contribution is -0.0750. The summed E-state index contributed by atoms with van der Waals surface area (Å²) in [6.07, 6.45) is 22.5. The highest BCUT2D eigenvalue weighted by Gasteiger charge is 2.53. The van der Waals surface area contributed by atoms with Gasteiger partial charge in [0.05, 0.1) is 48.8 Å². The molecule has 0 saturated carbocycles. The quantitative estimate of drug-likeness (QED) is 0.0543. The normalized spacial score (nSPS) is 23.2. The number of unbranched alkanes of at least 4 members (excludes halogenated alkanes) is 16.